The SMILES string of the molecule is CC(=O)Nc1ccc(/C(C)=N/OCC(=O)N(Cc2ccccc2)Cc2ccccc2)cc1. The molecule has 0 aromatic heterocycles. The highest BCUT2D eigenvalue weighted by Crippen LogP contribution is 2.12. The number of amides is 2. The molecule has 3 rings (SSSR count). The average molecular weight is 430 g/mol. The van der Waals surface area contributed by atoms with Crippen LogP contribution in [-0.4, -0.2) is 29.0 Å². The standard InChI is InChI=1S/C26H27N3O3/c1-20(24-13-15-25(16-14-24)27-21(2)30)28-32-19-26(31)29(17-22-9-5-3-6-10-22)18-23-11-7-4-8-12-23/h3-16H,17-19H2,1-2H3,(H,27,30)/b28-20+. The lowest BCUT2D eigenvalue weighted by atomic mass is 10.1. The fourth-order valence-corrected chi connectivity index (χ4v) is 3.17. The first-order valence-corrected chi connectivity index (χ1v) is 10.4. The lowest BCUT2D eigenvalue weighted by Crippen LogP contribution is -2.32. The van der Waals surface area contributed by atoms with Gasteiger partial charge in [-0.1, -0.05) is 78.0 Å². The van der Waals surface area contributed by atoms with Crippen molar-refractivity contribution in [2.75, 3.05) is 11.9 Å². The first-order chi connectivity index (χ1) is 15.5. The van der Waals surface area contributed by atoms with E-state index in [0.29, 0.717) is 24.5 Å². The Kier molecular flexibility index (Phi) is 8.15. The third-order valence-corrected chi connectivity index (χ3v) is 4.80. The second-order valence-corrected chi connectivity index (χ2v) is 7.43. The maximum absolute atomic E-state index is 12.9. The number of hydrogen-bond donors (Lipinski definition) is 1. The van der Waals surface area contributed by atoms with Crippen LogP contribution in [0.4, 0.5) is 5.69 Å². The predicted octanol–water partition coefficient (Wildman–Crippen LogP) is 4.61. The summed E-state index contributed by atoms with van der Waals surface area (Å²) in [6, 6.07) is 27.0. The summed E-state index contributed by atoms with van der Waals surface area (Å²) in [5, 5.41) is 6.82. The molecule has 0 aliphatic rings. The molecule has 0 heterocycles. The van der Waals surface area contributed by atoms with Crippen LogP contribution in [0, 0.1) is 0 Å². The van der Waals surface area contributed by atoms with E-state index in [4.69, 9.17) is 4.84 Å². The van der Waals surface area contributed by atoms with Crippen molar-refractivity contribution in [1.29, 1.82) is 0 Å². The Hall–Kier alpha value is -3.93. The minimum Gasteiger partial charge on any atom is -0.385 e. The highest BCUT2D eigenvalue weighted by molar-refractivity contribution is 5.99. The van der Waals surface area contributed by atoms with E-state index in [-0.39, 0.29) is 18.4 Å². The van der Waals surface area contributed by atoms with Gasteiger partial charge in [0, 0.05) is 25.7 Å². The lowest BCUT2D eigenvalue weighted by molar-refractivity contribution is -0.137. The van der Waals surface area contributed by atoms with Crippen molar-refractivity contribution in [2.45, 2.75) is 26.9 Å². The van der Waals surface area contributed by atoms with Gasteiger partial charge in [-0.25, -0.2) is 0 Å². The van der Waals surface area contributed by atoms with Crippen molar-refractivity contribution in [2.24, 2.45) is 5.16 Å². The summed E-state index contributed by atoms with van der Waals surface area (Å²) in [7, 11) is 0. The van der Waals surface area contributed by atoms with Gasteiger partial charge in [-0.3, -0.25) is 9.59 Å². The molecule has 0 atom stereocenters. The molecule has 3 aromatic carbocycles. The first-order valence-electron chi connectivity index (χ1n) is 10.4. The Morgan fingerprint density at radius 2 is 1.34 bits per heavy atom. The Bertz CT molecular complexity index is 1010. The molecule has 2 amide bonds. The van der Waals surface area contributed by atoms with Crippen LogP contribution < -0.4 is 5.32 Å². The van der Waals surface area contributed by atoms with Crippen LogP contribution in [0.2, 0.25) is 0 Å². The molecular formula is C26H27N3O3. The normalized spacial score (nSPS) is 11.0. The maximum Gasteiger partial charge on any atom is 0.263 e. The number of anilines is 1. The maximum atomic E-state index is 12.9. The number of nitrogens with one attached hydrogen (secondary N) is 1. The van der Waals surface area contributed by atoms with E-state index in [1.54, 1.807) is 17.0 Å². The van der Waals surface area contributed by atoms with Crippen LogP contribution in [0.15, 0.2) is 90.1 Å². The van der Waals surface area contributed by atoms with E-state index in [9.17, 15) is 9.59 Å². The molecule has 3 aromatic rings. The molecule has 0 aliphatic heterocycles. The summed E-state index contributed by atoms with van der Waals surface area (Å²) >= 11 is 0. The van der Waals surface area contributed by atoms with Crippen LogP contribution in [0.25, 0.3) is 0 Å². The average Bonchev–Trinajstić information content (AvgIpc) is 2.80. The summed E-state index contributed by atoms with van der Waals surface area (Å²) in [5.41, 5.74) is 4.30. The van der Waals surface area contributed by atoms with Crippen LogP contribution in [0.1, 0.15) is 30.5 Å². The molecule has 0 spiro atoms. The van der Waals surface area contributed by atoms with E-state index in [1.807, 2.05) is 79.7 Å². The zero-order chi connectivity index (χ0) is 22.8. The van der Waals surface area contributed by atoms with E-state index in [0.717, 1.165) is 16.7 Å². The Balaban J connectivity index is 1.62. The topological polar surface area (TPSA) is 71.0 Å². The number of hydrogen-bond acceptors (Lipinski definition) is 4. The lowest BCUT2D eigenvalue weighted by Gasteiger charge is -2.22. The minimum atomic E-state index is -0.152. The Morgan fingerprint density at radius 1 is 0.812 bits per heavy atom. The second-order valence-electron chi connectivity index (χ2n) is 7.43. The molecule has 164 valence electrons. The monoisotopic (exact) mass is 429 g/mol. The van der Waals surface area contributed by atoms with Crippen molar-refractivity contribution in [3.8, 4) is 0 Å². The highest BCUT2D eigenvalue weighted by Gasteiger charge is 2.15. The minimum absolute atomic E-state index is 0.124. The zero-order valence-electron chi connectivity index (χ0n) is 18.3. The van der Waals surface area contributed by atoms with Gasteiger partial charge in [-0.05, 0) is 35.7 Å². The molecule has 32 heavy (non-hydrogen) atoms. The molecule has 0 unspecified atom stereocenters. The molecule has 0 saturated carbocycles. The van der Waals surface area contributed by atoms with Gasteiger partial charge in [0.05, 0.1) is 5.71 Å². The molecule has 6 nitrogen and oxygen atoms in total. The quantitative estimate of drug-likeness (QED) is 0.399. The van der Waals surface area contributed by atoms with Gasteiger partial charge < -0.3 is 15.1 Å². The van der Waals surface area contributed by atoms with Gasteiger partial charge >= 0.3 is 0 Å². The van der Waals surface area contributed by atoms with Gasteiger partial charge in [0.25, 0.3) is 5.91 Å². The fourth-order valence-electron chi connectivity index (χ4n) is 3.17. The van der Waals surface area contributed by atoms with Crippen molar-refractivity contribution in [1.82, 2.24) is 4.90 Å². The first kappa shape index (κ1) is 22.7. The van der Waals surface area contributed by atoms with Gasteiger partial charge in [-0.2, -0.15) is 0 Å². The van der Waals surface area contributed by atoms with E-state index in [2.05, 4.69) is 10.5 Å². The highest BCUT2D eigenvalue weighted by atomic mass is 16.6. The van der Waals surface area contributed by atoms with Crippen LogP contribution in [0.5, 0.6) is 0 Å². The number of carbonyl (C=O) groups is 2. The molecule has 0 bridgehead atoms. The number of oxime groups is 1. The number of rotatable bonds is 9. The van der Waals surface area contributed by atoms with E-state index in [1.165, 1.54) is 6.92 Å². The third kappa shape index (κ3) is 7.09. The van der Waals surface area contributed by atoms with Crippen LogP contribution >= 0.6 is 0 Å². The summed E-state index contributed by atoms with van der Waals surface area (Å²) < 4.78 is 0. The number of nitrogens with zero attached hydrogens (tertiary/aromatic N) is 2. The van der Waals surface area contributed by atoms with Gasteiger partial charge in [0.2, 0.25) is 5.91 Å². The summed E-state index contributed by atoms with van der Waals surface area (Å²) in [5.74, 6) is -0.268. The van der Waals surface area contributed by atoms with Crippen molar-refractivity contribution < 1.29 is 14.4 Å². The largest absolute Gasteiger partial charge is 0.385 e. The molecular weight excluding hydrogens is 402 g/mol. The molecule has 0 radical (unpaired) electrons. The summed E-state index contributed by atoms with van der Waals surface area (Å²) in [6.07, 6.45) is 0. The molecule has 0 fully saturated rings. The smallest absolute Gasteiger partial charge is 0.263 e. The van der Waals surface area contributed by atoms with Crippen molar-refractivity contribution >= 4 is 23.2 Å². The van der Waals surface area contributed by atoms with E-state index >= 15 is 0 Å². The Morgan fingerprint density at radius 3 is 1.84 bits per heavy atom. The third-order valence-electron chi connectivity index (χ3n) is 4.80. The fraction of sp³-hybridized carbons (Fsp3) is 0.192. The number of benzene rings is 3. The second kappa shape index (κ2) is 11.5. The van der Waals surface area contributed by atoms with Crippen molar-refractivity contribution in [3.63, 3.8) is 0 Å². The Labute approximate surface area is 188 Å². The van der Waals surface area contributed by atoms with Crippen molar-refractivity contribution in [3.05, 3.63) is 102 Å². The van der Waals surface area contributed by atoms with Gasteiger partial charge in [-0.15, -0.1) is 0 Å². The molecule has 6 heteroatoms. The molecule has 1 N–H and O–H groups in total. The van der Waals surface area contributed by atoms with Gasteiger partial charge in [0.15, 0.2) is 6.61 Å². The van der Waals surface area contributed by atoms with E-state index < -0.39 is 0 Å². The molecule has 0 aliphatic carbocycles. The number of carbonyl (C=O) groups excluding carboxylic acids is 2. The van der Waals surface area contributed by atoms with Crippen LogP contribution in [-0.2, 0) is 27.5 Å². The van der Waals surface area contributed by atoms with Gasteiger partial charge in [0.1, 0.15) is 0 Å². The predicted molar refractivity (Wildman–Crippen MR) is 126 cm³/mol. The van der Waals surface area contributed by atoms with Crippen LogP contribution in [0.3, 0.4) is 0 Å². The zero-order valence-corrected chi connectivity index (χ0v) is 18.3. The summed E-state index contributed by atoms with van der Waals surface area (Å²) in [4.78, 5) is 31.2. The summed E-state index contributed by atoms with van der Waals surface area (Å²) in [6.45, 7) is 4.10. The molecule has 0 saturated heterocycles.